The molecule has 294 valence electrons. The maximum atomic E-state index is 15.5. The molecule has 15 nitrogen and oxygen atoms in total. The van der Waals surface area contributed by atoms with Crippen molar-refractivity contribution in [3.8, 4) is 11.8 Å². The molecule has 0 bridgehead atoms. The third kappa shape index (κ3) is 6.92. The Bertz CT molecular complexity index is 2210. The maximum absolute atomic E-state index is 15.5. The number of halogens is 2. The van der Waals surface area contributed by atoms with Gasteiger partial charge in [0.2, 0.25) is 11.8 Å². The molecule has 1 saturated carbocycles. The molecule has 6 heterocycles. The lowest BCUT2D eigenvalue weighted by Crippen LogP contribution is -2.59. The lowest BCUT2D eigenvalue weighted by molar-refractivity contribution is -0.136. The number of carbonyl (C=O) groups excluding carboxylic acids is 5. The van der Waals surface area contributed by atoms with Gasteiger partial charge in [0.15, 0.2) is 11.5 Å². The maximum Gasteiger partial charge on any atom is 0.272 e. The molecule has 2 aromatic carbocycles. The van der Waals surface area contributed by atoms with Crippen LogP contribution in [0, 0.1) is 29.0 Å². The predicted octanol–water partition coefficient (Wildman–Crippen LogP) is 2.92. The number of aromatic nitrogens is 2. The number of nitrogens with zero attached hydrogens (tertiary/aromatic N) is 7. The smallest absolute Gasteiger partial charge is 0.272 e. The zero-order valence-electron chi connectivity index (χ0n) is 30.8. The number of imide groups is 2. The van der Waals surface area contributed by atoms with Crippen LogP contribution in [0.2, 0.25) is 5.02 Å². The van der Waals surface area contributed by atoms with E-state index >= 15 is 4.39 Å². The van der Waals surface area contributed by atoms with E-state index < -0.39 is 35.5 Å². The Labute approximate surface area is 332 Å². The highest BCUT2D eigenvalue weighted by atomic mass is 35.5. The molecule has 1 aromatic heterocycles. The predicted molar refractivity (Wildman–Crippen MR) is 202 cm³/mol. The van der Waals surface area contributed by atoms with E-state index in [1.54, 1.807) is 24.3 Å². The van der Waals surface area contributed by atoms with Crippen molar-refractivity contribution < 1.29 is 33.1 Å². The Morgan fingerprint density at radius 3 is 2.25 bits per heavy atom. The first-order chi connectivity index (χ1) is 27.5. The van der Waals surface area contributed by atoms with Crippen molar-refractivity contribution in [1.82, 2.24) is 30.6 Å². The molecule has 5 amide bonds. The Hall–Kier alpha value is -5.66. The Morgan fingerprint density at radius 1 is 0.877 bits per heavy atom. The number of piperidine rings is 1. The number of amides is 5. The van der Waals surface area contributed by atoms with Gasteiger partial charge < -0.3 is 19.9 Å². The normalized spacial score (nSPS) is 26.2. The molecule has 3 unspecified atom stereocenters. The van der Waals surface area contributed by atoms with Gasteiger partial charge in [0, 0.05) is 63.8 Å². The minimum absolute atomic E-state index is 0.00142. The van der Waals surface area contributed by atoms with Crippen molar-refractivity contribution in [3.05, 3.63) is 75.7 Å². The van der Waals surface area contributed by atoms with Crippen LogP contribution in [0.25, 0.3) is 0 Å². The fourth-order valence-electron chi connectivity index (χ4n) is 9.17. The SMILES string of the molecule is N#Cc1ccc(OC2CCC(NC(=O)c3ccc(N4CC(N5CC6CN(c7cc8c(cc7F)C(=O)N(C7CCC(=O)NC7=O)C8=O)CC6C5)C4)nn3)CC2)cc1Cl. The van der Waals surface area contributed by atoms with Gasteiger partial charge in [-0.25, -0.2) is 4.39 Å². The molecular weight excluding hydrogens is 757 g/mol. The third-order valence-corrected chi connectivity index (χ3v) is 12.6. The fraction of sp³-hybridized carbons (Fsp3) is 0.450. The van der Waals surface area contributed by atoms with Gasteiger partial charge in [0.05, 0.1) is 33.5 Å². The van der Waals surface area contributed by atoms with E-state index in [0.717, 1.165) is 62.8 Å². The van der Waals surface area contributed by atoms with Gasteiger partial charge >= 0.3 is 0 Å². The number of likely N-dealkylation sites (tertiary alicyclic amines) is 1. The van der Waals surface area contributed by atoms with Gasteiger partial charge in [-0.3, -0.25) is 39.1 Å². The molecule has 9 rings (SSSR count). The average Bonchev–Trinajstić information content (AvgIpc) is 3.82. The molecule has 17 heteroatoms. The number of nitriles is 1. The highest BCUT2D eigenvalue weighted by Crippen LogP contribution is 2.39. The molecule has 0 radical (unpaired) electrons. The molecular formula is C40H39ClFN9O6. The van der Waals surface area contributed by atoms with E-state index in [0.29, 0.717) is 53.1 Å². The van der Waals surface area contributed by atoms with Crippen molar-refractivity contribution in [2.24, 2.45) is 11.8 Å². The van der Waals surface area contributed by atoms with Crippen LogP contribution in [0.5, 0.6) is 5.75 Å². The monoisotopic (exact) mass is 795 g/mol. The lowest BCUT2D eigenvalue weighted by atomic mass is 9.93. The molecule has 5 aliphatic heterocycles. The first-order valence-corrected chi connectivity index (χ1v) is 19.7. The van der Waals surface area contributed by atoms with E-state index in [1.165, 1.54) is 6.07 Å². The Balaban J connectivity index is 0.730. The van der Waals surface area contributed by atoms with Crippen molar-refractivity contribution in [3.63, 3.8) is 0 Å². The summed E-state index contributed by atoms with van der Waals surface area (Å²) in [6.45, 7) is 4.51. The van der Waals surface area contributed by atoms with E-state index in [9.17, 15) is 24.0 Å². The number of ether oxygens (including phenoxy) is 1. The van der Waals surface area contributed by atoms with Gasteiger partial charge in [0.1, 0.15) is 23.7 Å². The second-order valence-electron chi connectivity index (χ2n) is 15.8. The van der Waals surface area contributed by atoms with Crippen LogP contribution in [0.1, 0.15) is 75.3 Å². The minimum atomic E-state index is -1.10. The summed E-state index contributed by atoms with van der Waals surface area (Å²) < 4.78 is 21.6. The Kier molecular flexibility index (Phi) is 9.52. The number of hydrogen-bond acceptors (Lipinski definition) is 12. The third-order valence-electron chi connectivity index (χ3n) is 12.3. The molecule has 4 saturated heterocycles. The van der Waals surface area contributed by atoms with Gasteiger partial charge in [-0.2, -0.15) is 5.26 Å². The first kappa shape index (κ1) is 36.9. The van der Waals surface area contributed by atoms with Crippen molar-refractivity contribution in [2.45, 2.75) is 62.8 Å². The van der Waals surface area contributed by atoms with Crippen molar-refractivity contribution in [2.75, 3.05) is 49.1 Å². The van der Waals surface area contributed by atoms with E-state index in [1.807, 2.05) is 17.0 Å². The minimum Gasteiger partial charge on any atom is -0.490 e. The Morgan fingerprint density at radius 2 is 1.60 bits per heavy atom. The van der Waals surface area contributed by atoms with Crippen LogP contribution in [0.3, 0.4) is 0 Å². The first-order valence-electron chi connectivity index (χ1n) is 19.3. The molecule has 0 spiro atoms. The molecule has 2 N–H and O–H groups in total. The summed E-state index contributed by atoms with van der Waals surface area (Å²) in [4.78, 5) is 70.9. The van der Waals surface area contributed by atoms with Crippen LogP contribution in [0.15, 0.2) is 42.5 Å². The quantitative estimate of drug-likeness (QED) is 0.319. The summed E-state index contributed by atoms with van der Waals surface area (Å²) in [7, 11) is 0. The zero-order chi connectivity index (χ0) is 39.5. The fourth-order valence-corrected chi connectivity index (χ4v) is 9.38. The molecule has 6 aliphatic rings. The van der Waals surface area contributed by atoms with Gasteiger partial charge in [0.25, 0.3) is 17.7 Å². The van der Waals surface area contributed by atoms with E-state index in [4.69, 9.17) is 21.6 Å². The number of fused-ring (bicyclic) bond motifs is 2. The molecule has 5 fully saturated rings. The van der Waals surface area contributed by atoms with E-state index in [2.05, 4.69) is 30.6 Å². The van der Waals surface area contributed by atoms with E-state index in [-0.39, 0.29) is 53.4 Å². The van der Waals surface area contributed by atoms with Crippen LogP contribution in [-0.2, 0) is 9.59 Å². The zero-order valence-corrected chi connectivity index (χ0v) is 31.6. The van der Waals surface area contributed by atoms with Crippen molar-refractivity contribution in [1.29, 1.82) is 5.26 Å². The van der Waals surface area contributed by atoms with Gasteiger partial charge in [-0.15, -0.1) is 10.2 Å². The lowest BCUT2D eigenvalue weighted by Gasteiger charge is -2.45. The van der Waals surface area contributed by atoms with Crippen molar-refractivity contribution >= 4 is 52.6 Å². The summed E-state index contributed by atoms with van der Waals surface area (Å²) >= 11 is 6.14. The summed E-state index contributed by atoms with van der Waals surface area (Å²) in [6.07, 6.45) is 3.12. The van der Waals surface area contributed by atoms with Crippen LogP contribution in [-0.4, -0.2) is 113 Å². The van der Waals surface area contributed by atoms with Gasteiger partial charge in [-0.1, -0.05) is 11.6 Å². The molecule has 57 heavy (non-hydrogen) atoms. The number of anilines is 2. The molecule has 3 atom stereocenters. The van der Waals surface area contributed by atoms with Crippen LogP contribution in [0.4, 0.5) is 15.9 Å². The second-order valence-corrected chi connectivity index (χ2v) is 16.2. The standard InChI is InChI=1S/C40H39ClFN9O6/c41-30-11-27(4-1-21(30)14-43)57-26-5-2-24(3-6-26)44-37(53)32-7-9-35(47-46-32)50-19-25(20-50)48-15-22-17-49(18-23(22)16-48)34-13-29-28(12-31(34)42)39(55)51(40(29)56)33-8-10-36(52)45-38(33)54/h1,4,7,9,11-13,22-26,33H,2-3,5-6,8,10,15-20H2,(H,44,53)(H,45,52,54). The van der Waals surface area contributed by atoms with Crippen LogP contribution >= 0.6 is 11.6 Å². The number of carbonyl (C=O) groups is 5. The molecule has 3 aromatic rings. The largest absolute Gasteiger partial charge is 0.490 e. The average molecular weight is 796 g/mol. The highest BCUT2D eigenvalue weighted by Gasteiger charge is 2.48. The number of nitrogens with one attached hydrogen (secondary N) is 2. The summed E-state index contributed by atoms with van der Waals surface area (Å²) in [5.74, 6) is -1.42. The number of rotatable bonds is 8. The van der Waals surface area contributed by atoms with Gasteiger partial charge in [-0.05, 0) is 80.3 Å². The number of hydrogen-bond donors (Lipinski definition) is 2. The van der Waals surface area contributed by atoms with Crippen LogP contribution < -0.4 is 25.2 Å². The summed E-state index contributed by atoms with van der Waals surface area (Å²) in [5, 5.41) is 23.3. The molecule has 1 aliphatic carbocycles. The highest BCUT2D eigenvalue weighted by molar-refractivity contribution is 6.31. The summed E-state index contributed by atoms with van der Waals surface area (Å²) in [6, 6.07) is 12.4. The second kappa shape index (κ2) is 14.7. The topological polar surface area (TPSA) is 181 Å². The summed E-state index contributed by atoms with van der Waals surface area (Å²) in [5.41, 5.74) is 0.948. The number of benzene rings is 2.